The molecule has 1 aromatic carbocycles. The molecule has 3 heterocycles. The Kier molecular flexibility index (Phi) is 9.77. The van der Waals surface area contributed by atoms with E-state index < -0.39 is 80.8 Å². The van der Waals surface area contributed by atoms with Crippen LogP contribution in [0.4, 0.5) is 0 Å². The van der Waals surface area contributed by atoms with Crippen molar-refractivity contribution in [3.63, 3.8) is 0 Å². The summed E-state index contributed by atoms with van der Waals surface area (Å²) in [5.41, 5.74) is 0.291. The number of hydrogen-bond donors (Lipinski definition) is 2. The molecule has 0 spiro atoms. The van der Waals surface area contributed by atoms with Crippen molar-refractivity contribution in [2.45, 2.75) is 114 Å². The Morgan fingerprint density at radius 3 is 2.44 bits per heavy atom. The highest BCUT2D eigenvalue weighted by molar-refractivity contribution is 6.74. The SMILES string of the molecule is CCOC(=O)[C@@H]1[C@@H](OC(=O)c2ccccc2)CN[C@@H]([C@H](O)[C@H]2O[C@@H]3OC(C)(C)O[C@@H]3[C@@H]2O[Si](C)(C)C(C)(C)C)C(=O)N1C. The molecule has 13 heteroatoms. The van der Waals surface area contributed by atoms with E-state index in [0.717, 1.165) is 4.90 Å². The third-order valence-electron chi connectivity index (χ3n) is 8.66. The summed E-state index contributed by atoms with van der Waals surface area (Å²) in [7, 11) is -0.992. The maximum Gasteiger partial charge on any atom is 0.338 e. The Labute approximate surface area is 254 Å². The van der Waals surface area contributed by atoms with Crippen molar-refractivity contribution >= 4 is 26.2 Å². The van der Waals surface area contributed by atoms with Crippen molar-refractivity contribution < 1.29 is 47.6 Å². The molecule has 1 amide bonds. The fourth-order valence-corrected chi connectivity index (χ4v) is 6.66. The highest BCUT2D eigenvalue weighted by Crippen LogP contribution is 2.45. The van der Waals surface area contributed by atoms with Gasteiger partial charge in [-0.25, -0.2) is 9.59 Å². The van der Waals surface area contributed by atoms with Crippen LogP contribution in [0.25, 0.3) is 0 Å². The number of hydrogen-bond acceptors (Lipinski definition) is 11. The molecule has 0 saturated carbocycles. The number of aliphatic hydroxyl groups excluding tert-OH is 1. The zero-order chi connectivity index (χ0) is 31.9. The van der Waals surface area contributed by atoms with Gasteiger partial charge in [0.05, 0.1) is 12.2 Å². The topological polar surface area (TPSA) is 142 Å². The molecular formula is C30H46N2O10Si. The minimum atomic E-state index is -2.41. The third kappa shape index (κ3) is 6.98. The number of nitrogens with zero attached hydrogens (tertiary/aromatic N) is 1. The summed E-state index contributed by atoms with van der Waals surface area (Å²) in [5.74, 6) is -2.90. The fraction of sp³-hybridized carbons (Fsp3) is 0.700. The zero-order valence-corrected chi connectivity index (χ0v) is 27.5. The molecule has 240 valence electrons. The summed E-state index contributed by atoms with van der Waals surface area (Å²) in [5, 5.41) is 14.7. The van der Waals surface area contributed by atoms with E-state index in [-0.39, 0.29) is 18.2 Å². The number of ether oxygens (including phenoxy) is 5. The number of carbonyl (C=O) groups is 3. The molecule has 0 radical (unpaired) electrons. The molecule has 12 nitrogen and oxygen atoms in total. The van der Waals surface area contributed by atoms with Crippen LogP contribution in [0, 0.1) is 0 Å². The number of carbonyl (C=O) groups excluding carboxylic acids is 3. The number of nitrogens with one attached hydrogen (secondary N) is 1. The van der Waals surface area contributed by atoms with Gasteiger partial charge in [-0.1, -0.05) is 39.0 Å². The van der Waals surface area contributed by atoms with Crippen molar-refractivity contribution in [2.24, 2.45) is 0 Å². The Morgan fingerprint density at radius 1 is 1.19 bits per heavy atom. The standard InChI is InChI=1S/C30H46N2O10Si/c1-10-37-27(36)20-18(38-26(35)17-14-12-11-13-15-17)16-31-19(25(34)32(20)7)21(33)22-23(42-43(8,9)29(2,3)4)24-28(39-22)41-30(5,6)40-24/h11-15,18-24,28,31,33H,10,16H2,1-9H3/t18-,19-,20-,21-,22+,23+,24+,28+/m0/s1. The van der Waals surface area contributed by atoms with Crippen LogP contribution in [0.1, 0.15) is 51.9 Å². The Balaban J connectivity index is 1.62. The molecule has 1 aromatic rings. The summed E-state index contributed by atoms with van der Waals surface area (Å²) >= 11 is 0. The highest BCUT2D eigenvalue weighted by Gasteiger charge is 2.60. The first kappa shape index (κ1) is 33.5. The number of likely N-dealkylation sites (N-methyl/N-ethyl adjacent to an activating group) is 1. The molecule has 8 atom stereocenters. The molecule has 0 aliphatic carbocycles. The van der Waals surface area contributed by atoms with Crippen molar-refractivity contribution in [3.05, 3.63) is 35.9 Å². The maximum absolute atomic E-state index is 13.9. The number of rotatable bonds is 8. The minimum Gasteiger partial charge on any atom is -0.464 e. The smallest absolute Gasteiger partial charge is 0.338 e. The lowest BCUT2D eigenvalue weighted by atomic mass is 9.99. The van der Waals surface area contributed by atoms with Gasteiger partial charge in [-0.05, 0) is 51.0 Å². The molecule has 2 N–H and O–H groups in total. The Bertz CT molecular complexity index is 1170. The first-order chi connectivity index (χ1) is 20.0. The van der Waals surface area contributed by atoms with Crippen LogP contribution < -0.4 is 5.32 Å². The average molecular weight is 623 g/mol. The second kappa shape index (κ2) is 12.5. The van der Waals surface area contributed by atoms with Crippen molar-refractivity contribution in [1.29, 1.82) is 0 Å². The number of amides is 1. The van der Waals surface area contributed by atoms with Crippen molar-refractivity contribution in [3.8, 4) is 0 Å². The van der Waals surface area contributed by atoms with E-state index >= 15 is 0 Å². The lowest BCUT2D eigenvalue weighted by Gasteiger charge is -2.41. The Morgan fingerprint density at radius 2 is 1.84 bits per heavy atom. The van der Waals surface area contributed by atoms with Crippen LogP contribution in [0.2, 0.25) is 18.1 Å². The molecule has 0 bridgehead atoms. The number of aliphatic hydroxyl groups is 1. The summed E-state index contributed by atoms with van der Waals surface area (Å²) < 4.78 is 36.1. The van der Waals surface area contributed by atoms with Gasteiger partial charge in [0.1, 0.15) is 36.6 Å². The quantitative estimate of drug-likeness (QED) is 0.326. The van der Waals surface area contributed by atoms with Gasteiger partial charge < -0.3 is 38.1 Å². The van der Waals surface area contributed by atoms with Crippen LogP contribution in [0.5, 0.6) is 0 Å². The molecular weight excluding hydrogens is 576 g/mol. The number of fused-ring (bicyclic) bond motifs is 1. The van der Waals surface area contributed by atoms with E-state index in [1.165, 1.54) is 7.05 Å². The predicted octanol–water partition coefficient (Wildman–Crippen LogP) is 2.20. The molecule has 3 aliphatic rings. The summed E-state index contributed by atoms with van der Waals surface area (Å²) in [6.45, 7) is 15.6. The Hall–Kier alpha value is -2.39. The van der Waals surface area contributed by atoms with Gasteiger partial charge in [-0.15, -0.1) is 0 Å². The number of benzene rings is 1. The highest BCUT2D eigenvalue weighted by atomic mass is 28.4. The fourth-order valence-electron chi connectivity index (χ4n) is 5.36. The molecule has 3 fully saturated rings. The van der Waals surface area contributed by atoms with Gasteiger partial charge in [0.2, 0.25) is 5.91 Å². The van der Waals surface area contributed by atoms with Gasteiger partial charge in [0.25, 0.3) is 0 Å². The molecule has 4 rings (SSSR count). The van der Waals surface area contributed by atoms with Crippen molar-refractivity contribution in [1.82, 2.24) is 10.2 Å². The van der Waals surface area contributed by atoms with Gasteiger partial charge in [-0.2, -0.15) is 0 Å². The van der Waals surface area contributed by atoms with Crippen LogP contribution in [0.15, 0.2) is 30.3 Å². The van der Waals surface area contributed by atoms with E-state index in [0.29, 0.717) is 5.56 Å². The van der Waals surface area contributed by atoms with E-state index in [9.17, 15) is 19.5 Å². The van der Waals surface area contributed by atoms with Gasteiger partial charge in [0.15, 0.2) is 26.4 Å². The normalized spacial score (nSPS) is 31.7. The van der Waals surface area contributed by atoms with Crippen LogP contribution >= 0.6 is 0 Å². The third-order valence-corrected chi connectivity index (χ3v) is 13.1. The van der Waals surface area contributed by atoms with Gasteiger partial charge >= 0.3 is 11.9 Å². The summed E-state index contributed by atoms with van der Waals surface area (Å²) in [4.78, 5) is 41.1. The van der Waals surface area contributed by atoms with Gasteiger partial charge in [0, 0.05) is 13.6 Å². The lowest BCUT2D eigenvalue weighted by molar-refractivity contribution is -0.226. The summed E-state index contributed by atoms with van der Waals surface area (Å²) in [6.07, 6.45) is -5.72. The monoisotopic (exact) mass is 622 g/mol. The van der Waals surface area contributed by atoms with E-state index in [1.54, 1.807) is 51.1 Å². The molecule has 3 aliphatic heterocycles. The predicted molar refractivity (Wildman–Crippen MR) is 157 cm³/mol. The summed E-state index contributed by atoms with van der Waals surface area (Å²) in [6, 6.07) is 5.86. The van der Waals surface area contributed by atoms with Crippen LogP contribution in [0.3, 0.4) is 0 Å². The first-order valence-corrected chi connectivity index (χ1v) is 17.7. The van der Waals surface area contributed by atoms with Crippen molar-refractivity contribution in [2.75, 3.05) is 20.2 Å². The second-order valence-electron chi connectivity index (χ2n) is 13.2. The number of esters is 2. The first-order valence-electron chi connectivity index (χ1n) is 14.8. The van der Waals surface area contributed by atoms with E-state index in [4.69, 9.17) is 28.1 Å². The average Bonchev–Trinajstić information content (AvgIpc) is 3.35. The molecule has 43 heavy (non-hydrogen) atoms. The van der Waals surface area contributed by atoms with Crippen LogP contribution in [-0.2, 0) is 37.7 Å². The maximum atomic E-state index is 13.9. The lowest BCUT2D eigenvalue weighted by Crippen LogP contribution is -2.59. The van der Waals surface area contributed by atoms with Crippen LogP contribution in [-0.4, -0.2) is 111 Å². The van der Waals surface area contributed by atoms with Gasteiger partial charge in [-0.3, -0.25) is 10.1 Å². The zero-order valence-electron chi connectivity index (χ0n) is 26.5. The van der Waals surface area contributed by atoms with E-state index in [2.05, 4.69) is 39.2 Å². The molecule has 3 saturated heterocycles. The minimum absolute atomic E-state index is 0.0672. The molecule has 0 aromatic heterocycles. The van der Waals surface area contributed by atoms with E-state index in [1.807, 2.05) is 0 Å². The second-order valence-corrected chi connectivity index (χ2v) is 18.0. The largest absolute Gasteiger partial charge is 0.464 e. The molecule has 0 unspecified atom stereocenters.